The van der Waals surface area contributed by atoms with Gasteiger partial charge in [0, 0.05) is 29.9 Å². The van der Waals surface area contributed by atoms with E-state index in [0.717, 1.165) is 53.4 Å². The molecule has 0 saturated carbocycles. The molecule has 0 atom stereocenters. The molecule has 1 heterocycles. The van der Waals surface area contributed by atoms with Crippen molar-refractivity contribution >= 4 is 17.5 Å². The predicted molar refractivity (Wildman–Crippen MR) is 112 cm³/mol. The van der Waals surface area contributed by atoms with E-state index in [2.05, 4.69) is 26.8 Å². The molecule has 2 aromatic rings. The molecule has 0 N–H and O–H groups in total. The molecule has 1 aliphatic rings. The van der Waals surface area contributed by atoms with E-state index < -0.39 is 0 Å². The van der Waals surface area contributed by atoms with Gasteiger partial charge in [0.05, 0.1) is 12.4 Å². The summed E-state index contributed by atoms with van der Waals surface area (Å²) in [6.45, 7) is 8.12. The lowest BCUT2D eigenvalue weighted by atomic mass is 9.93. The summed E-state index contributed by atoms with van der Waals surface area (Å²) >= 11 is 1.63. The monoisotopic (exact) mass is 384 g/mol. The topological polar surface area (TPSA) is 35.5 Å². The average molecular weight is 385 g/mol. The number of hydrogen-bond acceptors (Lipinski definition) is 4. The van der Waals surface area contributed by atoms with Crippen LogP contribution in [-0.2, 0) is 11.2 Å². The van der Waals surface area contributed by atoms with Gasteiger partial charge in [0.2, 0.25) is 0 Å². The fourth-order valence-corrected chi connectivity index (χ4v) is 3.64. The Morgan fingerprint density at radius 1 is 1.07 bits per heavy atom. The first-order valence-electron chi connectivity index (χ1n) is 9.50. The van der Waals surface area contributed by atoms with E-state index in [-0.39, 0.29) is 5.78 Å². The van der Waals surface area contributed by atoms with Gasteiger partial charge in [-0.2, -0.15) is 11.8 Å². The van der Waals surface area contributed by atoms with Gasteiger partial charge >= 0.3 is 0 Å². The van der Waals surface area contributed by atoms with Crippen molar-refractivity contribution in [1.29, 1.82) is 0 Å². The molecule has 0 unspecified atom stereocenters. The second kappa shape index (κ2) is 8.94. The minimum atomic E-state index is 0.163. The number of rotatable bonds is 8. The molecule has 3 rings (SSSR count). The summed E-state index contributed by atoms with van der Waals surface area (Å²) in [6, 6.07) is 13.8. The molecule has 1 aliphatic heterocycles. The van der Waals surface area contributed by atoms with Crippen molar-refractivity contribution in [2.24, 2.45) is 5.41 Å². The van der Waals surface area contributed by atoms with Gasteiger partial charge in [-0.1, -0.05) is 39.0 Å². The maximum Gasteiger partial charge on any atom is 0.172 e. The molecule has 144 valence electrons. The van der Waals surface area contributed by atoms with Crippen LogP contribution in [0.2, 0.25) is 0 Å². The maximum atomic E-state index is 12.5. The molecule has 0 aliphatic carbocycles. The Morgan fingerprint density at radius 2 is 1.85 bits per heavy atom. The highest BCUT2D eigenvalue weighted by Crippen LogP contribution is 2.36. The van der Waals surface area contributed by atoms with Crippen molar-refractivity contribution in [2.45, 2.75) is 33.6 Å². The molecular weight excluding hydrogens is 356 g/mol. The van der Waals surface area contributed by atoms with Crippen molar-refractivity contribution in [3.8, 4) is 11.5 Å². The molecule has 3 nitrogen and oxygen atoms in total. The molecule has 0 bridgehead atoms. The summed E-state index contributed by atoms with van der Waals surface area (Å²) in [5.74, 6) is 3.25. The number of ketones is 1. The lowest BCUT2D eigenvalue weighted by Gasteiger charge is -2.20. The Kier molecular flexibility index (Phi) is 6.61. The van der Waals surface area contributed by atoms with Crippen LogP contribution in [0.25, 0.3) is 0 Å². The Labute approximate surface area is 166 Å². The standard InChI is InChI=1S/C23H28O3S/c1-23(2,3)10-11-25-12-13-27-16-20(24)17-8-9-22-19(14-17)15-18-6-4-5-7-21(18)26-22/h4-9,14H,10-13,15-16H2,1-3H3. The molecule has 4 heteroatoms. The van der Waals surface area contributed by atoms with E-state index in [9.17, 15) is 4.79 Å². The van der Waals surface area contributed by atoms with Gasteiger partial charge in [0.1, 0.15) is 11.5 Å². The summed E-state index contributed by atoms with van der Waals surface area (Å²) in [6.07, 6.45) is 1.86. The molecular formula is C23H28O3S. The summed E-state index contributed by atoms with van der Waals surface area (Å²) in [5.41, 5.74) is 3.31. The van der Waals surface area contributed by atoms with Crippen LogP contribution in [-0.4, -0.2) is 30.5 Å². The summed E-state index contributed by atoms with van der Waals surface area (Å²) < 4.78 is 11.6. The van der Waals surface area contributed by atoms with E-state index in [1.807, 2.05) is 36.4 Å². The number of para-hydroxylation sites is 1. The van der Waals surface area contributed by atoms with Gasteiger partial charge in [-0.3, -0.25) is 4.79 Å². The lowest BCUT2D eigenvalue weighted by molar-refractivity contribution is 0.102. The van der Waals surface area contributed by atoms with Crippen LogP contribution in [0.4, 0.5) is 0 Å². The van der Waals surface area contributed by atoms with Crippen LogP contribution in [0.3, 0.4) is 0 Å². The van der Waals surface area contributed by atoms with E-state index in [1.165, 1.54) is 0 Å². The number of fused-ring (bicyclic) bond motifs is 2. The minimum absolute atomic E-state index is 0.163. The largest absolute Gasteiger partial charge is 0.457 e. The molecule has 27 heavy (non-hydrogen) atoms. The molecule has 0 saturated heterocycles. The van der Waals surface area contributed by atoms with E-state index >= 15 is 0 Å². The predicted octanol–water partition coefficient (Wildman–Crippen LogP) is 5.75. The zero-order valence-electron chi connectivity index (χ0n) is 16.4. The van der Waals surface area contributed by atoms with E-state index in [4.69, 9.17) is 9.47 Å². The van der Waals surface area contributed by atoms with Gasteiger partial charge in [-0.25, -0.2) is 0 Å². The van der Waals surface area contributed by atoms with Crippen LogP contribution in [0.5, 0.6) is 11.5 Å². The fourth-order valence-electron chi connectivity index (χ4n) is 2.91. The fraction of sp³-hybridized carbons (Fsp3) is 0.435. The van der Waals surface area contributed by atoms with Crippen molar-refractivity contribution in [3.05, 3.63) is 59.2 Å². The molecule has 0 amide bonds. The van der Waals surface area contributed by atoms with Crippen LogP contribution >= 0.6 is 11.8 Å². The Morgan fingerprint density at radius 3 is 2.67 bits per heavy atom. The first-order valence-corrected chi connectivity index (χ1v) is 10.7. The lowest BCUT2D eigenvalue weighted by Crippen LogP contribution is -2.11. The number of thioether (sulfide) groups is 1. The normalized spacial score (nSPS) is 12.9. The highest BCUT2D eigenvalue weighted by Gasteiger charge is 2.18. The summed E-state index contributed by atoms with van der Waals surface area (Å²) in [4.78, 5) is 12.5. The second-order valence-corrected chi connectivity index (χ2v) is 9.21. The zero-order valence-corrected chi connectivity index (χ0v) is 17.2. The van der Waals surface area contributed by atoms with Crippen LogP contribution < -0.4 is 4.74 Å². The SMILES string of the molecule is CC(C)(C)CCOCCSCC(=O)c1ccc2c(c1)Cc1ccccc1O2. The van der Waals surface area contributed by atoms with Gasteiger partial charge < -0.3 is 9.47 Å². The van der Waals surface area contributed by atoms with E-state index in [1.54, 1.807) is 11.8 Å². The smallest absolute Gasteiger partial charge is 0.172 e. The number of hydrogen-bond donors (Lipinski definition) is 0. The summed E-state index contributed by atoms with van der Waals surface area (Å²) in [5, 5.41) is 0. The molecule has 2 aromatic carbocycles. The third-order valence-electron chi connectivity index (χ3n) is 4.56. The highest BCUT2D eigenvalue weighted by atomic mass is 32.2. The Balaban J connectivity index is 1.45. The molecule has 0 aromatic heterocycles. The van der Waals surface area contributed by atoms with Gasteiger partial charge in [-0.15, -0.1) is 0 Å². The zero-order chi connectivity index (χ0) is 19.3. The number of carbonyl (C=O) groups is 1. The molecule has 0 fully saturated rings. The Hall–Kier alpha value is -1.78. The van der Waals surface area contributed by atoms with E-state index in [0.29, 0.717) is 17.8 Å². The van der Waals surface area contributed by atoms with Gasteiger partial charge in [0.15, 0.2) is 5.78 Å². The van der Waals surface area contributed by atoms with Gasteiger partial charge in [-0.05, 0) is 41.7 Å². The number of carbonyl (C=O) groups excluding carboxylic acids is 1. The quantitative estimate of drug-likeness (QED) is 0.366. The van der Waals surface area contributed by atoms with Crippen molar-refractivity contribution < 1.29 is 14.3 Å². The molecule has 0 radical (unpaired) electrons. The van der Waals surface area contributed by atoms with Crippen molar-refractivity contribution in [1.82, 2.24) is 0 Å². The average Bonchev–Trinajstić information content (AvgIpc) is 2.64. The first kappa shape index (κ1) is 20.0. The third-order valence-corrected chi connectivity index (χ3v) is 5.48. The summed E-state index contributed by atoms with van der Waals surface area (Å²) in [7, 11) is 0. The molecule has 0 spiro atoms. The Bertz CT molecular complexity index is 792. The van der Waals surface area contributed by atoms with Crippen LogP contribution in [0.15, 0.2) is 42.5 Å². The third kappa shape index (κ3) is 5.85. The minimum Gasteiger partial charge on any atom is -0.457 e. The van der Waals surface area contributed by atoms with Gasteiger partial charge in [0.25, 0.3) is 0 Å². The first-order chi connectivity index (χ1) is 12.9. The van der Waals surface area contributed by atoms with Crippen LogP contribution in [0, 0.1) is 5.41 Å². The number of ether oxygens (including phenoxy) is 2. The second-order valence-electron chi connectivity index (χ2n) is 8.11. The maximum absolute atomic E-state index is 12.5. The number of Topliss-reactive ketones (excluding diaryl/α,β-unsaturated/α-hetero) is 1. The number of benzene rings is 2. The van der Waals surface area contributed by atoms with Crippen LogP contribution in [0.1, 0.15) is 48.7 Å². The van der Waals surface area contributed by atoms with Crippen molar-refractivity contribution in [2.75, 3.05) is 24.7 Å². The highest BCUT2D eigenvalue weighted by molar-refractivity contribution is 8.00. The van der Waals surface area contributed by atoms with Crippen molar-refractivity contribution in [3.63, 3.8) is 0 Å².